The Labute approximate surface area is 210 Å². The van der Waals surface area contributed by atoms with Crippen LogP contribution in [0.2, 0.25) is 5.15 Å². The third-order valence-corrected chi connectivity index (χ3v) is 7.51. The van der Waals surface area contributed by atoms with Crippen molar-refractivity contribution in [2.24, 2.45) is 0 Å². The number of aromatic nitrogens is 4. The molecule has 3 aromatic heterocycles. The summed E-state index contributed by atoms with van der Waals surface area (Å²) in [6, 6.07) is 6.40. The van der Waals surface area contributed by atoms with Gasteiger partial charge in [-0.05, 0) is 44.4 Å². The monoisotopic (exact) mass is 539 g/mol. The highest BCUT2D eigenvalue weighted by atomic mass is 35.5. The van der Waals surface area contributed by atoms with E-state index in [0.29, 0.717) is 29.3 Å². The van der Waals surface area contributed by atoms with Crippen LogP contribution in [0.3, 0.4) is 0 Å². The first-order valence-electron chi connectivity index (χ1n) is 10.7. The zero-order valence-electron chi connectivity index (χ0n) is 18.4. The van der Waals surface area contributed by atoms with Gasteiger partial charge >= 0.3 is 0 Å². The first-order valence-corrected chi connectivity index (χ1v) is 13.1. The normalized spacial score (nSPS) is 17.3. The van der Waals surface area contributed by atoms with Gasteiger partial charge in [0.2, 0.25) is 0 Å². The van der Waals surface area contributed by atoms with Gasteiger partial charge in [-0.15, -0.1) is 11.3 Å². The van der Waals surface area contributed by atoms with E-state index in [9.17, 15) is 17.5 Å². The lowest BCUT2D eigenvalue weighted by atomic mass is 10.2. The second kappa shape index (κ2) is 9.86. The van der Waals surface area contributed by atoms with E-state index in [2.05, 4.69) is 20.3 Å². The van der Waals surface area contributed by atoms with Gasteiger partial charge in [-0.1, -0.05) is 11.6 Å². The molecule has 1 aliphatic rings. The summed E-state index contributed by atoms with van der Waals surface area (Å²) >= 11 is 5.35. The number of benzene rings is 1. The molecule has 0 spiro atoms. The fourth-order valence-electron chi connectivity index (χ4n) is 4.04. The first kappa shape index (κ1) is 24.2. The minimum atomic E-state index is -2.86. The molecule has 0 bridgehead atoms. The van der Waals surface area contributed by atoms with Crippen LogP contribution in [0.1, 0.15) is 43.4 Å². The molecule has 1 fully saturated rings. The standard InChI is InChI=1S/C22H20ClF2N5O3S2/c1-11-10-34-22(26-11)12-5-6-13(15(8-12)35(31)32)27-14-9-16(23)28-20-18(14)29-21(19(24)25)30(20)17-4-2-3-7-33-17/h5-6,8-10,17,19H,2-4,7H2,1H3,(H,27,28)(H,31,32). The Balaban J connectivity index is 1.60. The van der Waals surface area contributed by atoms with Crippen molar-refractivity contribution in [1.29, 1.82) is 0 Å². The summed E-state index contributed by atoms with van der Waals surface area (Å²) < 4.78 is 57.1. The number of imidazole rings is 1. The molecule has 8 nitrogen and oxygen atoms in total. The number of hydrogen-bond donors (Lipinski definition) is 2. The zero-order chi connectivity index (χ0) is 24.7. The summed E-state index contributed by atoms with van der Waals surface area (Å²) in [6.07, 6.45) is -1.25. The summed E-state index contributed by atoms with van der Waals surface area (Å²) in [4.78, 5) is 13.0. The highest BCUT2D eigenvalue weighted by Crippen LogP contribution is 2.37. The molecule has 0 saturated carbocycles. The van der Waals surface area contributed by atoms with Crippen LogP contribution in [0, 0.1) is 6.92 Å². The SMILES string of the molecule is Cc1csc(-c2ccc(Nc3cc(Cl)nc4c3nc(C(F)F)n4C3CCCCO3)c(S(=O)O)c2)n1. The van der Waals surface area contributed by atoms with Gasteiger partial charge in [-0.2, -0.15) is 0 Å². The van der Waals surface area contributed by atoms with E-state index in [1.165, 1.54) is 22.0 Å². The van der Waals surface area contributed by atoms with Crippen molar-refractivity contribution in [2.75, 3.05) is 11.9 Å². The Kier molecular flexibility index (Phi) is 6.82. The molecule has 1 aromatic carbocycles. The van der Waals surface area contributed by atoms with Crippen LogP contribution < -0.4 is 5.32 Å². The van der Waals surface area contributed by atoms with E-state index < -0.39 is 29.6 Å². The van der Waals surface area contributed by atoms with Gasteiger partial charge in [0.15, 0.2) is 22.6 Å². The Morgan fingerprint density at radius 1 is 1.26 bits per heavy atom. The van der Waals surface area contributed by atoms with Crippen molar-refractivity contribution in [3.05, 3.63) is 46.3 Å². The zero-order valence-corrected chi connectivity index (χ0v) is 20.8. The van der Waals surface area contributed by atoms with E-state index >= 15 is 0 Å². The number of anilines is 2. The number of pyridine rings is 1. The number of fused-ring (bicyclic) bond motifs is 1. The second-order valence-electron chi connectivity index (χ2n) is 8.01. The summed E-state index contributed by atoms with van der Waals surface area (Å²) in [5.74, 6) is -0.467. The Bertz CT molecular complexity index is 1420. The molecule has 2 unspecified atom stereocenters. The maximum Gasteiger partial charge on any atom is 0.295 e. The van der Waals surface area contributed by atoms with Crippen molar-refractivity contribution in [1.82, 2.24) is 19.5 Å². The van der Waals surface area contributed by atoms with E-state index in [4.69, 9.17) is 16.3 Å². The number of aryl methyl sites for hydroxylation is 1. The number of nitrogens with one attached hydrogen (secondary N) is 1. The van der Waals surface area contributed by atoms with Crippen LogP contribution in [0.5, 0.6) is 0 Å². The number of halogens is 3. The number of ether oxygens (including phenoxy) is 1. The molecule has 2 atom stereocenters. The Morgan fingerprint density at radius 2 is 2.09 bits per heavy atom. The minimum Gasteiger partial charge on any atom is -0.358 e. The number of rotatable bonds is 6. The third kappa shape index (κ3) is 4.81. The molecule has 2 N–H and O–H groups in total. The van der Waals surface area contributed by atoms with Crippen LogP contribution in [0.25, 0.3) is 21.7 Å². The molecule has 4 aromatic rings. The van der Waals surface area contributed by atoms with E-state index in [1.807, 2.05) is 12.3 Å². The largest absolute Gasteiger partial charge is 0.358 e. The maximum absolute atomic E-state index is 14.0. The van der Waals surface area contributed by atoms with Gasteiger partial charge in [-0.3, -0.25) is 4.57 Å². The van der Waals surface area contributed by atoms with Crippen molar-refractivity contribution >= 4 is 56.6 Å². The first-order chi connectivity index (χ1) is 16.8. The average Bonchev–Trinajstić information content (AvgIpc) is 3.43. The molecule has 0 aliphatic carbocycles. The van der Waals surface area contributed by atoms with Crippen molar-refractivity contribution in [2.45, 2.75) is 43.7 Å². The highest BCUT2D eigenvalue weighted by molar-refractivity contribution is 7.79. The predicted molar refractivity (Wildman–Crippen MR) is 131 cm³/mol. The van der Waals surface area contributed by atoms with Crippen LogP contribution in [-0.2, 0) is 15.8 Å². The highest BCUT2D eigenvalue weighted by Gasteiger charge is 2.29. The molecule has 1 aliphatic heterocycles. The number of nitrogens with zero attached hydrogens (tertiary/aromatic N) is 4. The maximum atomic E-state index is 14.0. The Morgan fingerprint density at radius 3 is 2.74 bits per heavy atom. The average molecular weight is 540 g/mol. The molecule has 184 valence electrons. The van der Waals surface area contributed by atoms with Crippen LogP contribution >= 0.6 is 22.9 Å². The molecule has 1 saturated heterocycles. The lowest BCUT2D eigenvalue weighted by Gasteiger charge is -2.25. The molecule has 5 rings (SSSR count). The number of thiazole rings is 1. The molecule has 0 radical (unpaired) electrons. The summed E-state index contributed by atoms with van der Waals surface area (Å²) in [7, 11) is 0. The van der Waals surface area contributed by atoms with Crippen LogP contribution in [0.15, 0.2) is 34.5 Å². The van der Waals surface area contributed by atoms with E-state index in [0.717, 1.165) is 18.5 Å². The molecule has 0 amide bonds. The quantitative estimate of drug-likeness (QED) is 0.213. The predicted octanol–water partition coefficient (Wildman–Crippen LogP) is 6.48. The topological polar surface area (TPSA) is 102 Å². The van der Waals surface area contributed by atoms with E-state index in [-0.39, 0.29) is 26.9 Å². The lowest BCUT2D eigenvalue weighted by Crippen LogP contribution is -2.20. The summed E-state index contributed by atoms with van der Waals surface area (Å²) in [6.45, 7) is 2.32. The second-order valence-corrected chi connectivity index (χ2v) is 10.2. The minimum absolute atomic E-state index is 0.0549. The van der Waals surface area contributed by atoms with Crippen molar-refractivity contribution in [3.63, 3.8) is 0 Å². The number of hydrogen-bond acceptors (Lipinski definition) is 7. The van der Waals surface area contributed by atoms with Crippen molar-refractivity contribution in [3.8, 4) is 10.6 Å². The fraction of sp³-hybridized carbons (Fsp3) is 0.318. The molecule has 13 heteroatoms. The van der Waals surface area contributed by atoms with Gasteiger partial charge < -0.3 is 14.6 Å². The number of alkyl halides is 2. The molecule has 4 heterocycles. The fourth-order valence-corrected chi connectivity index (χ4v) is 5.56. The van der Waals surface area contributed by atoms with Gasteiger partial charge in [0.05, 0.1) is 16.3 Å². The third-order valence-electron chi connectivity index (χ3n) is 5.59. The molecule has 35 heavy (non-hydrogen) atoms. The van der Waals surface area contributed by atoms with Gasteiger partial charge in [0.1, 0.15) is 21.9 Å². The summed E-state index contributed by atoms with van der Waals surface area (Å²) in [5, 5.41) is 5.70. The Hall–Kier alpha value is -2.51. The molecular formula is C22H20ClF2N5O3S2. The molecular weight excluding hydrogens is 520 g/mol. The van der Waals surface area contributed by atoms with Gasteiger partial charge in [0.25, 0.3) is 6.43 Å². The van der Waals surface area contributed by atoms with Crippen LogP contribution in [0.4, 0.5) is 20.2 Å². The van der Waals surface area contributed by atoms with Crippen LogP contribution in [-0.4, -0.2) is 34.9 Å². The van der Waals surface area contributed by atoms with Gasteiger partial charge in [-0.25, -0.2) is 27.9 Å². The van der Waals surface area contributed by atoms with E-state index in [1.54, 1.807) is 18.2 Å². The lowest BCUT2D eigenvalue weighted by molar-refractivity contribution is -0.0363. The summed E-state index contributed by atoms with van der Waals surface area (Å²) in [5.41, 5.74) is 2.43. The van der Waals surface area contributed by atoms with Gasteiger partial charge in [0, 0.05) is 29.3 Å². The van der Waals surface area contributed by atoms with Crippen molar-refractivity contribution < 1.29 is 22.3 Å². The smallest absolute Gasteiger partial charge is 0.295 e.